The summed E-state index contributed by atoms with van der Waals surface area (Å²) in [4.78, 5) is 11.4. The Kier molecular flexibility index (Phi) is 2.15. The first-order valence-corrected chi connectivity index (χ1v) is 4.74. The van der Waals surface area contributed by atoms with Gasteiger partial charge in [-0.1, -0.05) is 0 Å². The monoisotopic (exact) mass is 194 g/mol. The van der Waals surface area contributed by atoms with E-state index in [1.807, 2.05) is 6.92 Å². The van der Waals surface area contributed by atoms with Gasteiger partial charge in [-0.2, -0.15) is 5.10 Å². The molecule has 14 heavy (non-hydrogen) atoms. The molecule has 3 N–H and O–H groups in total. The summed E-state index contributed by atoms with van der Waals surface area (Å²) in [7, 11) is 0. The van der Waals surface area contributed by atoms with Crippen molar-refractivity contribution in [3.8, 4) is 0 Å². The topological polar surface area (TPSA) is 72.9 Å². The smallest absolute Gasteiger partial charge is 0.241 e. The van der Waals surface area contributed by atoms with E-state index < -0.39 is 0 Å². The molecule has 1 fully saturated rings. The Morgan fingerprint density at radius 1 is 1.79 bits per heavy atom. The molecule has 1 saturated carbocycles. The van der Waals surface area contributed by atoms with Crippen molar-refractivity contribution in [1.82, 2.24) is 15.1 Å². The first-order chi connectivity index (χ1) is 6.65. The first-order valence-electron chi connectivity index (χ1n) is 4.74. The predicted molar refractivity (Wildman–Crippen MR) is 52.5 cm³/mol. The second kappa shape index (κ2) is 3.32. The summed E-state index contributed by atoms with van der Waals surface area (Å²) in [5, 5.41) is 6.90. The molecule has 0 aromatic carbocycles. The predicted octanol–water partition coefficient (Wildman–Crippen LogP) is 0.0523. The SMILES string of the molecule is Cc1cn(CC(=O)NC2CC2)nc1N. The second-order valence-electron chi connectivity index (χ2n) is 3.74. The normalized spacial score (nSPS) is 15.5. The fraction of sp³-hybridized carbons (Fsp3) is 0.556. The van der Waals surface area contributed by atoms with Crippen molar-refractivity contribution in [3.63, 3.8) is 0 Å². The zero-order chi connectivity index (χ0) is 10.1. The number of anilines is 1. The number of hydrogen-bond donors (Lipinski definition) is 2. The van der Waals surface area contributed by atoms with Crippen LogP contribution in [0.3, 0.4) is 0 Å². The van der Waals surface area contributed by atoms with Gasteiger partial charge in [-0.05, 0) is 19.8 Å². The van der Waals surface area contributed by atoms with Crippen LogP contribution in [-0.2, 0) is 11.3 Å². The molecule has 2 rings (SSSR count). The highest BCUT2D eigenvalue weighted by molar-refractivity contribution is 5.76. The van der Waals surface area contributed by atoms with E-state index in [9.17, 15) is 4.79 Å². The first kappa shape index (κ1) is 9.05. The maximum Gasteiger partial charge on any atom is 0.241 e. The maximum absolute atomic E-state index is 11.4. The zero-order valence-corrected chi connectivity index (χ0v) is 8.16. The molecule has 1 aromatic rings. The van der Waals surface area contributed by atoms with Gasteiger partial charge in [0.2, 0.25) is 5.91 Å². The lowest BCUT2D eigenvalue weighted by molar-refractivity contribution is -0.121. The standard InChI is InChI=1S/C9H14N4O/c1-6-4-13(12-9(6)10)5-8(14)11-7-2-3-7/h4,7H,2-3,5H2,1H3,(H2,10,12)(H,11,14). The van der Waals surface area contributed by atoms with Crippen LogP contribution in [0.5, 0.6) is 0 Å². The lowest BCUT2D eigenvalue weighted by Gasteiger charge is -2.02. The van der Waals surface area contributed by atoms with Gasteiger partial charge in [0.05, 0.1) is 0 Å². The van der Waals surface area contributed by atoms with Crippen molar-refractivity contribution in [1.29, 1.82) is 0 Å². The van der Waals surface area contributed by atoms with E-state index in [2.05, 4.69) is 10.4 Å². The fourth-order valence-corrected chi connectivity index (χ4v) is 1.26. The van der Waals surface area contributed by atoms with Crippen molar-refractivity contribution in [2.24, 2.45) is 0 Å². The Balaban J connectivity index is 1.92. The maximum atomic E-state index is 11.4. The highest BCUT2D eigenvalue weighted by Gasteiger charge is 2.23. The largest absolute Gasteiger partial charge is 0.382 e. The lowest BCUT2D eigenvalue weighted by atomic mass is 10.4. The zero-order valence-electron chi connectivity index (χ0n) is 8.16. The molecular formula is C9H14N4O. The van der Waals surface area contributed by atoms with E-state index in [0.29, 0.717) is 11.9 Å². The minimum atomic E-state index is 0.00926. The Morgan fingerprint density at radius 3 is 3.00 bits per heavy atom. The molecule has 1 aromatic heterocycles. The summed E-state index contributed by atoms with van der Waals surface area (Å²) in [5.74, 6) is 0.499. The number of nitrogens with one attached hydrogen (secondary N) is 1. The molecule has 1 amide bonds. The van der Waals surface area contributed by atoms with Crippen LogP contribution in [0, 0.1) is 6.92 Å². The molecule has 1 aliphatic rings. The quantitative estimate of drug-likeness (QED) is 0.714. The number of rotatable bonds is 3. The summed E-state index contributed by atoms with van der Waals surface area (Å²) < 4.78 is 1.57. The molecule has 0 spiro atoms. The van der Waals surface area contributed by atoms with Gasteiger partial charge in [-0.15, -0.1) is 0 Å². The van der Waals surface area contributed by atoms with Crippen LogP contribution >= 0.6 is 0 Å². The number of nitrogen functional groups attached to an aromatic ring is 1. The highest BCUT2D eigenvalue weighted by atomic mass is 16.2. The molecule has 5 heteroatoms. The molecule has 1 heterocycles. The van der Waals surface area contributed by atoms with E-state index in [1.165, 1.54) is 0 Å². The van der Waals surface area contributed by atoms with Gasteiger partial charge in [0.1, 0.15) is 12.4 Å². The summed E-state index contributed by atoms with van der Waals surface area (Å²) >= 11 is 0. The molecule has 0 radical (unpaired) electrons. The van der Waals surface area contributed by atoms with Gasteiger partial charge in [0.15, 0.2) is 0 Å². The van der Waals surface area contributed by atoms with Crippen LogP contribution in [0.4, 0.5) is 5.82 Å². The van der Waals surface area contributed by atoms with E-state index in [-0.39, 0.29) is 12.5 Å². The van der Waals surface area contributed by atoms with Crippen LogP contribution in [0.1, 0.15) is 18.4 Å². The number of nitrogens with two attached hydrogens (primary N) is 1. The van der Waals surface area contributed by atoms with Gasteiger partial charge < -0.3 is 11.1 Å². The summed E-state index contributed by atoms with van der Waals surface area (Å²) in [6, 6.07) is 0.400. The fourth-order valence-electron chi connectivity index (χ4n) is 1.26. The molecule has 1 aliphatic carbocycles. The summed E-state index contributed by atoms with van der Waals surface area (Å²) in [5.41, 5.74) is 6.47. The van der Waals surface area contributed by atoms with Crippen molar-refractivity contribution >= 4 is 11.7 Å². The summed E-state index contributed by atoms with van der Waals surface area (Å²) in [6.45, 7) is 2.13. The molecule has 0 bridgehead atoms. The highest BCUT2D eigenvalue weighted by Crippen LogP contribution is 2.18. The van der Waals surface area contributed by atoms with E-state index in [1.54, 1.807) is 10.9 Å². The van der Waals surface area contributed by atoms with Crippen LogP contribution < -0.4 is 11.1 Å². The van der Waals surface area contributed by atoms with Gasteiger partial charge >= 0.3 is 0 Å². The minimum Gasteiger partial charge on any atom is -0.382 e. The third kappa shape index (κ3) is 2.04. The van der Waals surface area contributed by atoms with E-state index in [4.69, 9.17) is 5.73 Å². The van der Waals surface area contributed by atoms with Crippen molar-refractivity contribution in [2.45, 2.75) is 32.4 Å². The molecule has 0 aliphatic heterocycles. The van der Waals surface area contributed by atoms with Crippen molar-refractivity contribution < 1.29 is 4.79 Å². The number of aryl methyl sites for hydroxylation is 1. The Hall–Kier alpha value is -1.52. The Bertz CT molecular complexity index is 334. The van der Waals surface area contributed by atoms with Crippen molar-refractivity contribution in [2.75, 3.05) is 5.73 Å². The average molecular weight is 194 g/mol. The van der Waals surface area contributed by atoms with Gasteiger partial charge in [-0.25, -0.2) is 0 Å². The molecular weight excluding hydrogens is 180 g/mol. The third-order valence-electron chi connectivity index (χ3n) is 2.23. The molecule has 0 unspecified atom stereocenters. The molecule has 76 valence electrons. The number of hydrogen-bond acceptors (Lipinski definition) is 3. The van der Waals surface area contributed by atoms with Gasteiger partial charge in [0.25, 0.3) is 0 Å². The average Bonchev–Trinajstić information content (AvgIpc) is 2.82. The third-order valence-corrected chi connectivity index (χ3v) is 2.23. The second-order valence-corrected chi connectivity index (χ2v) is 3.74. The van der Waals surface area contributed by atoms with Crippen LogP contribution in [0.25, 0.3) is 0 Å². The van der Waals surface area contributed by atoms with Crippen LogP contribution in [0.15, 0.2) is 6.20 Å². The summed E-state index contributed by atoms with van der Waals surface area (Å²) in [6.07, 6.45) is 3.99. The van der Waals surface area contributed by atoms with E-state index >= 15 is 0 Å². The van der Waals surface area contributed by atoms with Gasteiger partial charge in [-0.3, -0.25) is 9.48 Å². The number of aromatic nitrogens is 2. The van der Waals surface area contributed by atoms with E-state index in [0.717, 1.165) is 18.4 Å². The number of amides is 1. The molecule has 5 nitrogen and oxygen atoms in total. The Labute approximate surface area is 82.3 Å². The van der Waals surface area contributed by atoms with Crippen LogP contribution in [-0.4, -0.2) is 21.7 Å². The van der Waals surface area contributed by atoms with Crippen LogP contribution in [0.2, 0.25) is 0 Å². The molecule has 0 atom stereocenters. The number of carbonyl (C=O) groups excluding carboxylic acids is 1. The van der Waals surface area contributed by atoms with Crippen molar-refractivity contribution in [3.05, 3.63) is 11.8 Å². The van der Waals surface area contributed by atoms with Gasteiger partial charge in [0, 0.05) is 17.8 Å². The Morgan fingerprint density at radius 2 is 2.50 bits per heavy atom. The lowest BCUT2D eigenvalue weighted by Crippen LogP contribution is -2.29. The molecule has 0 saturated heterocycles. The number of carbonyl (C=O) groups is 1. The minimum absolute atomic E-state index is 0.00926. The number of nitrogens with zero attached hydrogens (tertiary/aromatic N) is 2.